The monoisotopic (exact) mass is 655 g/mol. The van der Waals surface area contributed by atoms with Crippen LogP contribution < -0.4 is 4.90 Å². The fourth-order valence-electron chi connectivity index (χ4n) is 9.57. The molecule has 2 aromatic heterocycles. The van der Waals surface area contributed by atoms with E-state index in [0.717, 1.165) is 67.7 Å². The van der Waals surface area contributed by atoms with E-state index in [1.807, 2.05) is 12.1 Å². The summed E-state index contributed by atoms with van der Waals surface area (Å²) in [7, 11) is 0. The van der Waals surface area contributed by atoms with Gasteiger partial charge in [-0.15, -0.1) is 0 Å². The number of anilines is 2. The van der Waals surface area contributed by atoms with E-state index in [9.17, 15) is 0 Å². The minimum absolute atomic E-state index is 0.00230. The zero-order chi connectivity index (χ0) is 33.8. The zero-order valence-corrected chi connectivity index (χ0v) is 28.4. The van der Waals surface area contributed by atoms with Crippen molar-refractivity contribution in [2.24, 2.45) is 0 Å². The van der Waals surface area contributed by atoms with Gasteiger partial charge in [0.15, 0.2) is 5.58 Å². The van der Waals surface area contributed by atoms with E-state index in [-0.39, 0.29) is 23.3 Å². The van der Waals surface area contributed by atoms with Gasteiger partial charge < -0.3 is 4.42 Å². The van der Waals surface area contributed by atoms with E-state index >= 15 is 0 Å². The normalized spacial score (nSPS) is 19.3. The van der Waals surface area contributed by atoms with Crippen LogP contribution in [0.2, 0.25) is 0 Å². The average Bonchev–Trinajstić information content (AvgIpc) is 3.81. The van der Waals surface area contributed by atoms with Crippen molar-refractivity contribution in [2.45, 2.75) is 43.6 Å². The molecule has 3 atom stereocenters. The van der Waals surface area contributed by atoms with E-state index in [0.29, 0.717) is 5.95 Å². The van der Waals surface area contributed by atoms with E-state index in [1.165, 1.54) is 22.3 Å². The van der Waals surface area contributed by atoms with Crippen LogP contribution in [0.15, 0.2) is 138 Å². The molecule has 0 amide bonds. The maximum atomic E-state index is 6.81. The fraction of sp³-hybridized carbons (Fsp3) is 0.149. The van der Waals surface area contributed by atoms with Crippen molar-refractivity contribution in [3.8, 4) is 22.5 Å². The molecule has 6 aromatic carbocycles. The van der Waals surface area contributed by atoms with Crippen molar-refractivity contribution >= 4 is 33.6 Å². The largest absolute Gasteiger partial charge is 0.454 e. The summed E-state index contributed by atoms with van der Waals surface area (Å²) in [6.45, 7) is 4.78. The molecular weight excluding hydrogens is 623 g/mol. The summed E-state index contributed by atoms with van der Waals surface area (Å²) < 4.78 is 6.81. The van der Waals surface area contributed by atoms with Crippen molar-refractivity contribution < 1.29 is 4.42 Å². The van der Waals surface area contributed by atoms with E-state index < -0.39 is 0 Å². The van der Waals surface area contributed by atoms with Gasteiger partial charge in [0.05, 0.1) is 23.1 Å². The number of nitrogens with zero attached hydrogens (tertiary/aromatic N) is 3. The van der Waals surface area contributed by atoms with Crippen molar-refractivity contribution in [3.05, 3.63) is 179 Å². The molecule has 51 heavy (non-hydrogen) atoms. The third-order valence-corrected chi connectivity index (χ3v) is 11.8. The molecule has 0 spiro atoms. The minimum atomic E-state index is -0.124. The summed E-state index contributed by atoms with van der Waals surface area (Å²) in [4.78, 5) is 13.7. The van der Waals surface area contributed by atoms with Crippen LogP contribution in [0.5, 0.6) is 0 Å². The third kappa shape index (κ3) is 3.92. The Balaban J connectivity index is 1.22. The summed E-state index contributed by atoms with van der Waals surface area (Å²) in [6.07, 6.45) is 0.775. The molecule has 0 saturated carbocycles. The van der Waals surface area contributed by atoms with Gasteiger partial charge in [0.25, 0.3) is 0 Å². The van der Waals surface area contributed by atoms with Gasteiger partial charge in [0.1, 0.15) is 5.58 Å². The second-order valence-electron chi connectivity index (χ2n) is 14.7. The predicted octanol–water partition coefficient (Wildman–Crippen LogP) is 11.3. The summed E-state index contributed by atoms with van der Waals surface area (Å²) in [6, 6.07) is 54.2. The average molecular weight is 656 g/mol. The molecule has 0 bridgehead atoms. The van der Waals surface area contributed by atoms with Crippen molar-refractivity contribution in [3.63, 3.8) is 0 Å². The number of hydrogen-bond acceptors (Lipinski definition) is 4. The Morgan fingerprint density at radius 1 is 0.725 bits per heavy atom. The highest BCUT2D eigenvalue weighted by molar-refractivity contribution is 6.11. The number of benzene rings is 5. The van der Waals surface area contributed by atoms with Gasteiger partial charge in [-0.1, -0.05) is 141 Å². The molecule has 4 nitrogen and oxygen atoms in total. The summed E-state index contributed by atoms with van der Waals surface area (Å²) >= 11 is 0. The van der Waals surface area contributed by atoms with Gasteiger partial charge in [-0.05, 0) is 52.3 Å². The molecule has 2 aliphatic carbocycles. The number of furan rings is 1. The predicted molar refractivity (Wildman–Crippen MR) is 203 cm³/mol. The lowest BCUT2D eigenvalue weighted by molar-refractivity contribution is 0.419. The van der Waals surface area contributed by atoms with Gasteiger partial charge in [-0.3, -0.25) is 4.90 Å². The summed E-state index contributed by atoms with van der Waals surface area (Å²) in [5.74, 6) is 0.997. The molecule has 242 valence electrons. The van der Waals surface area contributed by atoms with E-state index in [2.05, 4.69) is 152 Å². The Bertz CT molecular complexity index is 2660. The van der Waals surface area contributed by atoms with Gasteiger partial charge >= 0.3 is 0 Å². The highest BCUT2D eigenvalue weighted by atomic mass is 16.3. The quantitative estimate of drug-likeness (QED) is 0.190. The van der Waals surface area contributed by atoms with Crippen molar-refractivity contribution in [1.29, 1.82) is 0 Å². The highest BCUT2D eigenvalue weighted by Crippen LogP contribution is 2.66. The zero-order valence-electron chi connectivity index (χ0n) is 28.4. The maximum absolute atomic E-state index is 6.81. The Hall–Kier alpha value is -6.18. The molecule has 0 N–H and O–H groups in total. The van der Waals surface area contributed by atoms with Crippen LogP contribution in [0.3, 0.4) is 0 Å². The molecule has 0 saturated heterocycles. The van der Waals surface area contributed by atoms with Gasteiger partial charge in [-0.2, -0.15) is 0 Å². The minimum Gasteiger partial charge on any atom is -0.454 e. The molecule has 3 heterocycles. The number of aromatic nitrogens is 2. The summed E-state index contributed by atoms with van der Waals surface area (Å²) in [5, 5.41) is 2.24. The topological polar surface area (TPSA) is 42.2 Å². The Kier molecular flexibility index (Phi) is 5.85. The van der Waals surface area contributed by atoms with Crippen LogP contribution in [0.1, 0.15) is 65.1 Å². The lowest BCUT2D eigenvalue weighted by atomic mass is 9.75. The third-order valence-electron chi connectivity index (χ3n) is 11.8. The van der Waals surface area contributed by atoms with Crippen LogP contribution in [-0.4, -0.2) is 9.97 Å². The second-order valence-corrected chi connectivity index (χ2v) is 14.7. The van der Waals surface area contributed by atoms with Crippen LogP contribution >= 0.6 is 0 Å². The first kappa shape index (κ1) is 28.6. The first-order valence-electron chi connectivity index (χ1n) is 17.8. The first-order valence-corrected chi connectivity index (χ1v) is 17.8. The van der Waals surface area contributed by atoms with Crippen LogP contribution in [0, 0.1) is 12.1 Å². The number of rotatable bonds is 3. The SMILES string of the molecule is CC1(C)c2ccccc2[C@H]2C1c1ccc3c(oc4ccccc43)c1N2c1nc(-c2ccccc2)c2c(n1)-c1ccc#cc1C(c1ccccc1)C2. The van der Waals surface area contributed by atoms with E-state index in [4.69, 9.17) is 14.4 Å². The fourth-order valence-corrected chi connectivity index (χ4v) is 9.57. The molecule has 0 radical (unpaired) electrons. The Morgan fingerprint density at radius 3 is 2.33 bits per heavy atom. The van der Waals surface area contributed by atoms with Crippen LogP contribution in [0.4, 0.5) is 11.6 Å². The Morgan fingerprint density at radius 2 is 1.47 bits per heavy atom. The lowest BCUT2D eigenvalue weighted by Crippen LogP contribution is -2.26. The van der Waals surface area contributed by atoms with Crippen molar-refractivity contribution in [1.82, 2.24) is 9.97 Å². The second kappa shape index (κ2) is 10.4. The molecule has 1 aliphatic heterocycles. The van der Waals surface area contributed by atoms with Crippen LogP contribution in [-0.2, 0) is 11.8 Å². The number of para-hydroxylation sites is 1. The molecule has 0 fully saturated rings. The van der Waals surface area contributed by atoms with Gasteiger partial charge in [-0.25, -0.2) is 9.97 Å². The Labute approximate surface area is 297 Å². The number of hydrogen-bond donors (Lipinski definition) is 0. The standard InChI is InChI=1S/C47H33N3O/c1-47(2)38-23-13-11-22-34(38)43-40(47)35-26-25-33-31-20-12-14-24-39(31)51-45(33)44(35)50(43)46-48-41(29-17-7-4-8-18-29)37-27-36(28-15-5-3-6-16-28)30-19-9-10-21-32(30)42(37)49-46/h3-8,10-18,20-26,36,40,43H,27H2,1-2H3/t36?,40?,43-/m0/s1. The lowest BCUT2D eigenvalue weighted by Gasteiger charge is -2.31. The highest BCUT2D eigenvalue weighted by Gasteiger charge is 2.56. The first-order chi connectivity index (χ1) is 25.1. The molecule has 11 rings (SSSR count). The molecule has 8 aromatic rings. The summed E-state index contributed by atoms with van der Waals surface area (Å²) in [5.41, 5.74) is 14.4. The van der Waals surface area contributed by atoms with E-state index in [1.54, 1.807) is 0 Å². The molecule has 4 heteroatoms. The maximum Gasteiger partial charge on any atom is 0.231 e. The van der Waals surface area contributed by atoms with Gasteiger partial charge in [0, 0.05) is 44.9 Å². The molecule has 3 aliphatic rings. The van der Waals surface area contributed by atoms with Crippen molar-refractivity contribution in [2.75, 3.05) is 4.90 Å². The molecular formula is C47H33N3O. The van der Waals surface area contributed by atoms with Gasteiger partial charge in [0.2, 0.25) is 5.95 Å². The molecule has 2 unspecified atom stereocenters. The van der Waals surface area contributed by atoms with Crippen LogP contribution in [0.25, 0.3) is 44.5 Å². The number of fused-ring (bicyclic) bond motifs is 12. The smallest absolute Gasteiger partial charge is 0.231 e.